The normalized spacial score (nSPS) is 16.9. The number of aryl methyl sites for hydroxylation is 1. The number of hydrogen-bond donors (Lipinski definition) is 0. The van der Waals surface area contributed by atoms with Crippen LogP contribution in [0.25, 0.3) is 0 Å². The zero-order chi connectivity index (χ0) is 16.4. The third-order valence-electron chi connectivity index (χ3n) is 4.05. The van der Waals surface area contributed by atoms with Gasteiger partial charge in [-0.05, 0) is 18.6 Å². The third kappa shape index (κ3) is 3.19. The smallest absolute Gasteiger partial charge is 0.238 e. The number of aromatic nitrogens is 3. The summed E-state index contributed by atoms with van der Waals surface area (Å²) < 4.78 is 29.6. The molecule has 0 fully saturated rings. The molecule has 5 nitrogen and oxygen atoms in total. The van der Waals surface area contributed by atoms with E-state index in [1.54, 1.807) is 4.68 Å². The molecule has 3 rings (SSSR count). The van der Waals surface area contributed by atoms with Gasteiger partial charge in [-0.1, -0.05) is 6.07 Å². The molecule has 23 heavy (non-hydrogen) atoms. The van der Waals surface area contributed by atoms with Crippen LogP contribution in [-0.2, 0) is 24.3 Å². The largest absolute Gasteiger partial charge is 0.334 e. The molecule has 0 bridgehead atoms. The Kier molecular flexibility index (Phi) is 4.56. The van der Waals surface area contributed by atoms with Crippen LogP contribution in [0.5, 0.6) is 0 Å². The van der Waals surface area contributed by atoms with Gasteiger partial charge in [-0.2, -0.15) is 5.10 Å². The van der Waals surface area contributed by atoms with E-state index in [1.165, 1.54) is 29.4 Å². The number of rotatable bonds is 4. The summed E-state index contributed by atoms with van der Waals surface area (Å²) in [7, 11) is 0. The van der Waals surface area contributed by atoms with Gasteiger partial charge < -0.3 is 4.90 Å². The van der Waals surface area contributed by atoms with Crippen molar-refractivity contribution in [2.75, 3.05) is 5.88 Å². The van der Waals surface area contributed by atoms with E-state index in [9.17, 15) is 13.6 Å². The van der Waals surface area contributed by atoms with Gasteiger partial charge in [0, 0.05) is 24.6 Å². The molecule has 0 aliphatic carbocycles. The Balaban J connectivity index is 1.86. The standard InChI is InChI=1S/C15H15ClF2N4O/c16-7-15(23)21(8-11-12(17)2-1-3-13(11)18)10-4-5-22-14(6-10)19-9-20-22/h1-3,9-10H,4-8H2. The molecule has 1 aromatic heterocycles. The van der Waals surface area contributed by atoms with Crippen LogP contribution in [0.1, 0.15) is 17.8 Å². The minimum absolute atomic E-state index is 0.127. The Morgan fingerprint density at radius 2 is 2.13 bits per heavy atom. The lowest BCUT2D eigenvalue weighted by atomic mass is 10.0. The zero-order valence-electron chi connectivity index (χ0n) is 12.3. The van der Waals surface area contributed by atoms with E-state index in [2.05, 4.69) is 10.1 Å². The number of hydrogen-bond acceptors (Lipinski definition) is 3. The lowest BCUT2D eigenvalue weighted by Crippen LogP contribution is -2.45. The van der Waals surface area contributed by atoms with E-state index in [1.807, 2.05) is 0 Å². The van der Waals surface area contributed by atoms with E-state index in [-0.39, 0.29) is 29.9 Å². The summed E-state index contributed by atoms with van der Waals surface area (Å²) in [6.45, 7) is 0.453. The topological polar surface area (TPSA) is 51.0 Å². The first kappa shape index (κ1) is 15.9. The molecule has 1 unspecified atom stereocenters. The summed E-state index contributed by atoms with van der Waals surface area (Å²) in [4.78, 5) is 17.8. The van der Waals surface area contributed by atoms with Gasteiger partial charge in [-0.15, -0.1) is 11.6 Å². The lowest BCUT2D eigenvalue weighted by Gasteiger charge is -2.34. The average Bonchev–Trinajstić information content (AvgIpc) is 3.01. The van der Waals surface area contributed by atoms with Gasteiger partial charge in [-0.3, -0.25) is 4.79 Å². The molecule has 0 N–H and O–H groups in total. The molecule has 2 aromatic rings. The van der Waals surface area contributed by atoms with Gasteiger partial charge in [0.25, 0.3) is 0 Å². The molecule has 2 heterocycles. The second-order valence-corrected chi connectivity index (χ2v) is 5.67. The zero-order valence-corrected chi connectivity index (χ0v) is 13.0. The predicted molar refractivity (Wildman–Crippen MR) is 79.8 cm³/mol. The molecule has 1 atom stereocenters. The van der Waals surface area contributed by atoms with Crippen molar-refractivity contribution < 1.29 is 13.6 Å². The van der Waals surface area contributed by atoms with Gasteiger partial charge in [0.1, 0.15) is 29.7 Å². The lowest BCUT2D eigenvalue weighted by molar-refractivity contribution is -0.132. The van der Waals surface area contributed by atoms with Crippen molar-refractivity contribution in [1.29, 1.82) is 0 Å². The van der Waals surface area contributed by atoms with E-state index >= 15 is 0 Å². The van der Waals surface area contributed by atoms with Crippen LogP contribution in [0.4, 0.5) is 8.78 Å². The van der Waals surface area contributed by atoms with Crippen LogP contribution in [0, 0.1) is 11.6 Å². The van der Waals surface area contributed by atoms with Gasteiger partial charge in [0.05, 0.1) is 6.54 Å². The fourth-order valence-corrected chi connectivity index (χ4v) is 2.99. The van der Waals surface area contributed by atoms with E-state index in [0.717, 1.165) is 5.82 Å². The number of nitrogens with zero attached hydrogens (tertiary/aromatic N) is 4. The summed E-state index contributed by atoms with van der Waals surface area (Å²) in [6.07, 6.45) is 2.58. The molecule has 1 aromatic carbocycles. The Bertz CT molecular complexity index is 701. The number of carbonyl (C=O) groups is 1. The van der Waals surface area contributed by atoms with Crippen LogP contribution >= 0.6 is 11.6 Å². The van der Waals surface area contributed by atoms with Crippen molar-refractivity contribution in [3.05, 3.63) is 47.5 Å². The maximum Gasteiger partial charge on any atom is 0.238 e. The average molecular weight is 341 g/mol. The molecule has 0 radical (unpaired) electrons. The summed E-state index contributed by atoms with van der Waals surface area (Å²) in [5, 5.41) is 4.08. The predicted octanol–water partition coefficient (Wildman–Crippen LogP) is 2.14. The van der Waals surface area contributed by atoms with Crippen molar-refractivity contribution >= 4 is 17.5 Å². The van der Waals surface area contributed by atoms with Crippen LogP contribution in [0.2, 0.25) is 0 Å². The van der Waals surface area contributed by atoms with Crippen molar-refractivity contribution in [2.24, 2.45) is 0 Å². The quantitative estimate of drug-likeness (QED) is 0.801. The number of amides is 1. The first-order valence-corrected chi connectivity index (χ1v) is 7.78. The number of benzene rings is 1. The van der Waals surface area contributed by atoms with Crippen LogP contribution in [-0.4, -0.2) is 37.5 Å². The van der Waals surface area contributed by atoms with Crippen molar-refractivity contribution in [2.45, 2.75) is 32.0 Å². The van der Waals surface area contributed by atoms with Crippen LogP contribution < -0.4 is 0 Å². The summed E-state index contributed by atoms with van der Waals surface area (Å²) in [5.74, 6) is -1.18. The highest BCUT2D eigenvalue weighted by Gasteiger charge is 2.29. The number of alkyl halides is 1. The number of fused-ring (bicyclic) bond motifs is 1. The van der Waals surface area contributed by atoms with E-state index in [0.29, 0.717) is 19.4 Å². The number of halogens is 3. The minimum atomic E-state index is -0.670. The molecular formula is C15H15ClF2N4O. The summed E-state index contributed by atoms with van der Waals surface area (Å²) in [5.41, 5.74) is -0.127. The molecule has 1 aliphatic rings. The number of carbonyl (C=O) groups excluding carboxylic acids is 1. The van der Waals surface area contributed by atoms with Crippen LogP contribution in [0.3, 0.4) is 0 Å². The Labute approximate surface area is 136 Å². The van der Waals surface area contributed by atoms with Gasteiger partial charge in [0.15, 0.2) is 0 Å². The summed E-state index contributed by atoms with van der Waals surface area (Å²) in [6, 6.07) is 3.45. The fourth-order valence-electron chi connectivity index (χ4n) is 2.83. The van der Waals surface area contributed by atoms with Gasteiger partial charge in [0.2, 0.25) is 5.91 Å². The summed E-state index contributed by atoms with van der Waals surface area (Å²) >= 11 is 5.68. The van der Waals surface area contributed by atoms with Crippen molar-refractivity contribution in [3.63, 3.8) is 0 Å². The van der Waals surface area contributed by atoms with Crippen LogP contribution in [0.15, 0.2) is 24.5 Å². The van der Waals surface area contributed by atoms with Crippen molar-refractivity contribution in [3.8, 4) is 0 Å². The minimum Gasteiger partial charge on any atom is -0.334 e. The molecule has 0 saturated heterocycles. The van der Waals surface area contributed by atoms with E-state index in [4.69, 9.17) is 11.6 Å². The molecular weight excluding hydrogens is 326 g/mol. The Hall–Kier alpha value is -2.02. The van der Waals surface area contributed by atoms with Crippen molar-refractivity contribution in [1.82, 2.24) is 19.7 Å². The fraction of sp³-hybridized carbons (Fsp3) is 0.400. The van der Waals surface area contributed by atoms with Gasteiger partial charge >= 0.3 is 0 Å². The highest BCUT2D eigenvalue weighted by Crippen LogP contribution is 2.22. The Morgan fingerprint density at radius 1 is 1.39 bits per heavy atom. The maximum atomic E-state index is 13.9. The maximum absolute atomic E-state index is 13.9. The monoisotopic (exact) mass is 340 g/mol. The second-order valence-electron chi connectivity index (χ2n) is 5.40. The van der Waals surface area contributed by atoms with Gasteiger partial charge in [-0.25, -0.2) is 18.4 Å². The molecule has 122 valence electrons. The third-order valence-corrected chi connectivity index (χ3v) is 4.28. The first-order chi connectivity index (χ1) is 11.1. The molecule has 1 amide bonds. The SMILES string of the molecule is O=C(CCl)N(Cc1c(F)cccc1F)C1CCn2ncnc2C1. The molecule has 0 saturated carbocycles. The highest BCUT2D eigenvalue weighted by atomic mass is 35.5. The first-order valence-electron chi connectivity index (χ1n) is 7.25. The Morgan fingerprint density at radius 3 is 2.83 bits per heavy atom. The molecule has 8 heteroatoms. The molecule has 1 aliphatic heterocycles. The molecule has 0 spiro atoms. The highest BCUT2D eigenvalue weighted by molar-refractivity contribution is 6.27. The van der Waals surface area contributed by atoms with E-state index < -0.39 is 11.6 Å². The second kappa shape index (κ2) is 6.62.